The topological polar surface area (TPSA) is 95.6 Å². The van der Waals surface area contributed by atoms with Gasteiger partial charge in [-0.1, -0.05) is 47.7 Å². The van der Waals surface area contributed by atoms with Crippen molar-refractivity contribution < 1.29 is 18.0 Å². The van der Waals surface area contributed by atoms with Crippen molar-refractivity contribution in [1.29, 1.82) is 0 Å². The van der Waals surface area contributed by atoms with Crippen molar-refractivity contribution in [2.24, 2.45) is 0 Å². The summed E-state index contributed by atoms with van der Waals surface area (Å²) in [5, 5.41) is 1.89. The fraction of sp³-hybridized carbons (Fsp3) is 0.118. The van der Waals surface area contributed by atoms with Crippen molar-refractivity contribution in [3.8, 4) is 0 Å². The maximum Gasteiger partial charge on any atom is 0.266 e. The third-order valence-corrected chi connectivity index (χ3v) is 7.11. The minimum Gasteiger partial charge on any atom is -0.283 e. The van der Waals surface area contributed by atoms with Crippen molar-refractivity contribution >= 4 is 67.6 Å². The van der Waals surface area contributed by atoms with Crippen LogP contribution in [-0.4, -0.2) is 36.0 Å². The highest BCUT2D eigenvalue weighted by Gasteiger charge is 2.33. The van der Waals surface area contributed by atoms with Gasteiger partial charge in [0.25, 0.3) is 21.8 Å². The Balaban J connectivity index is 1.61. The summed E-state index contributed by atoms with van der Waals surface area (Å²) in [4.78, 5) is 29.1. The van der Waals surface area contributed by atoms with Crippen LogP contribution in [0.2, 0.25) is 0 Å². The van der Waals surface area contributed by atoms with Crippen molar-refractivity contribution in [3.63, 3.8) is 0 Å². The summed E-state index contributed by atoms with van der Waals surface area (Å²) < 4.78 is 24.6. The van der Waals surface area contributed by atoms with E-state index in [1.165, 1.54) is 23.5 Å². The van der Waals surface area contributed by atoms with E-state index in [1.807, 2.05) is 29.3 Å². The Labute approximate surface area is 175 Å². The van der Waals surface area contributed by atoms with E-state index in [0.29, 0.717) is 4.91 Å². The van der Waals surface area contributed by atoms with Crippen molar-refractivity contribution in [1.82, 2.24) is 15.2 Å². The van der Waals surface area contributed by atoms with Gasteiger partial charge in [-0.3, -0.25) is 19.9 Å². The predicted octanol–water partition coefficient (Wildman–Crippen LogP) is 2.27. The molecule has 0 aliphatic carbocycles. The molecule has 2 N–H and O–H groups in total. The van der Waals surface area contributed by atoms with Crippen LogP contribution in [0, 0.1) is 6.92 Å². The highest BCUT2D eigenvalue weighted by molar-refractivity contribution is 8.26. The highest BCUT2D eigenvalue weighted by Crippen LogP contribution is 2.32. The first-order valence-electron chi connectivity index (χ1n) is 7.92. The number of rotatable bonds is 6. The van der Waals surface area contributed by atoms with Gasteiger partial charge in [0.2, 0.25) is 0 Å². The SMILES string of the molecule is Cc1ccc(S(=O)(=O)NNC(=O)CN2C(=O)/C(=C\c3cccs3)SC2=S)cc1. The molecule has 0 unspecified atom stereocenters. The summed E-state index contributed by atoms with van der Waals surface area (Å²) in [6.45, 7) is 1.45. The number of benzene rings is 1. The molecule has 0 bridgehead atoms. The average Bonchev–Trinajstić information content (AvgIpc) is 3.25. The van der Waals surface area contributed by atoms with Gasteiger partial charge in [0, 0.05) is 4.88 Å². The first kappa shape index (κ1) is 20.7. The number of carbonyl (C=O) groups excluding carboxylic acids is 2. The average molecular weight is 454 g/mol. The number of hydrogen-bond acceptors (Lipinski definition) is 7. The monoisotopic (exact) mass is 453 g/mol. The lowest BCUT2D eigenvalue weighted by Crippen LogP contribution is -2.47. The number of hydrogen-bond donors (Lipinski definition) is 2. The Bertz CT molecular complexity index is 1040. The highest BCUT2D eigenvalue weighted by atomic mass is 32.2. The second-order valence-corrected chi connectivity index (χ2v) is 10.1. The van der Waals surface area contributed by atoms with Crippen LogP contribution < -0.4 is 10.3 Å². The number of carbonyl (C=O) groups is 2. The standard InChI is InChI=1S/C17H15N3O4S4/c1-11-4-6-13(7-5-11)28(23,24)19-18-15(21)10-20-16(22)14(27-17(20)25)9-12-3-2-8-26-12/h2-9,19H,10H2,1H3,(H,18,21)/b14-9+. The molecular weight excluding hydrogens is 438 g/mol. The van der Waals surface area contributed by atoms with Crippen LogP contribution in [0.3, 0.4) is 0 Å². The Morgan fingerprint density at radius 2 is 1.96 bits per heavy atom. The quantitative estimate of drug-likeness (QED) is 0.396. The maximum absolute atomic E-state index is 12.5. The molecule has 1 aliphatic rings. The Morgan fingerprint density at radius 3 is 2.61 bits per heavy atom. The molecule has 2 aromatic rings. The summed E-state index contributed by atoms with van der Waals surface area (Å²) in [5.41, 5.74) is 3.02. The number of thioether (sulfide) groups is 1. The molecule has 146 valence electrons. The van der Waals surface area contributed by atoms with Crippen LogP contribution in [0.5, 0.6) is 0 Å². The molecule has 0 atom stereocenters. The molecule has 1 fully saturated rings. The molecule has 3 rings (SSSR count). The number of nitrogens with one attached hydrogen (secondary N) is 2. The molecule has 2 heterocycles. The van der Waals surface area contributed by atoms with E-state index < -0.39 is 15.9 Å². The molecule has 28 heavy (non-hydrogen) atoms. The zero-order chi connectivity index (χ0) is 20.3. The van der Waals surface area contributed by atoms with Gasteiger partial charge in [0.15, 0.2) is 0 Å². The number of hydrazine groups is 1. The number of nitrogens with zero attached hydrogens (tertiary/aromatic N) is 1. The summed E-state index contributed by atoms with van der Waals surface area (Å²) in [6.07, 6.45) is 1.71. The first-order valence-corrected chi connectivity index (χ1v) is 11.5. The maximum atomic E-state index is 12.5. The molecule has 2 amide bonds. The molecule has 1 saturated heterocycles. The van der Waals surface area contributed by atoms with E-state index in [-0.39, 0.29) is 21.7 Å². The van der Waals surface area contributed by atoms with Crippen molar-refractivity contribution in [3.05, 3.63) is 57.1 Å². The second kappa shape index (κ2) is 8.53. The molecule has 0 radical (unpaired) electrons. The van der Waals surface area contributed by atoms with E-state index >= 15 is 0 Å². The van der Waals surface area contributed by atoms with Gasteiger partial charge in [-0.25, -0.2) is 8.42 Å². The van der Waals surface area contributed by atoms with E-state index in [9.17, 15) is 18.0 Å². The third-order valence-electron chi connectivity index (χ3n) is 3.65. The number of aryl methyl sites for hydroxylation is 1. The van der Waals surface area contributed by atoms with Gasteiger partial charge < -0.3 is 0 Å². The summed E-state index contributed by atoms with van der Waals surface area (Å²) in [5.74, 6) is -1.09. The zero-order valence-electron chi connectivity index (χ0n) is 14.5. The van der Waals surface area contributed by atoms with E-state index in [1.54, 1.807) is 18.2 Å². The van der Waals surface area contributed by atoms with E-state index in [2.05, 4.69) is 5.43 Å². The third kappa shape index (κ3) is 4.86. The minimum absolute atomic E-state index is 0.0166. The Kier molecular flexibility index (Phi) is 6.30. The molecule has 11 heteroatoms. The molecule has 7 nitrogen and oxygen atoms in total. The van der Waals surface area contributed by atoms with Gasteiger partial charge >= 0.3 is 0 Å². The van der Waals surface area contributed by atoms with Gasteiger partial charge in [-0.05, 0) is 36.6 Å². The molecule has 0 saturated carbocycles. The number of sulfonamides is 1. The fourth-order valence-corrected chi connectivity index (χ4v) is 5.06. The predicted molar refractivity (Wildman–Crippen MR) is 114 cm³/mol. The zero-order valence-corrected chi connectivity index (χ0v) is 17.8. The lowest BCUT2D eigenvalue weighted by molar-refractivity contribution is -0.128. The number of thiophene rings is 1. The minimum atomic E-state index is -3.91. The normalized spacial score (nSPS) is 16.0. The van der Waals surface area contributed by atoms with Crippen molar-refractivity contribution in [2.45, 2.75) is 11.8 Å². The smallest absolute Gasteiger partial charge is 0.266 e. The lowest BCUT2D eigenvalue weighted by Gasteiger charge is -2.14. The van der Waals surface area contributed by atoms with Gasteiger partial charge in [-0.15, -0.1) is 16.2 Å². The Hall–Kier alpha value is -2.05. The fourth-order valence-electron chi connectivity index (χ4n) is 2.22. The molecule has 1 aliphatic heterocycles. The molecule has 1 aromatic carbocycles. The lowest BCUT2D eigenvalue weighted by atomic mass is 10.2. The van der Waals surface area contributed by atoms with E-state index in [4.69, 9.17) is 12.2 Å². The van der Waals surface area contributed by atoms with Crippen molar-refractivity contribution in [2.75, 3.05) is 6.54 Å². The van der Waals surface area contributed by atoms with Crippen LogP contribution in [-0.2, 0) is 19.6 Å². The molecule has 1 aromatic heterocycles. The number of amides is 2. The summed E-state index contributed by atoms with van der Waals surface area (Å²) >= 11 is 7.75. The molecule has 0 spiro atoms. The second-order valence-electron chi connectivity index (χ2n) is 5.75. The summed E-state index contributed by atoms with van der Waals surface area (Å²) in [7, 11) is -3.91. The van der Waals surface area contributed by atoms with Crippen LogP contribution in [0.1, 0.15) is 10.4 Å². The Morgan fingerprint density at radius 1 is 1.25 bits per heavy atom. The number of thiocarbonyl (C=S) groups is 1. The van der Waals surface area contributed by atoms with Crippen LogP contribution >= 0.6 is 35.3 Å². The summed E-state index contributed by atoms with van der Waals surface area (Å²) in [6, 6.07) is 9.89. The van der Waals surface area contributed by atoms with E-state index in [0.717, 1.165) is 27.1 Å². The molecular formula is C17H15N3O4S4. The largest absolute Gasteiger partial charge is 0.283 e. The van der Waals surface area contributed by atoms with Crippen LogP contribution in [0.4, 0.5) is 0 Å². The van der Waals surface area contributed by atoms with Gasteiger partial charge in [0.05, 0.1) is 9.80 Å². The van der Waals surface area contributed by atoms with Crippen LogP contribution in [0.25, 0.3) is 6.08 Å². The van der Waals surface area contributed by atoms with Gasteiger partial charge in [-0.2, -0.15) is 0 Å². The van der Waals surface area contributed by atoms with Gasteiger partial charge in [0.1, 0.15) is 10.9 Å². The van der Waals surface area contributed by atoms with Crippen LogP contribution in [0.15, 0.2) is 51.6 Å². The first-order chi connectivity index (χ1) is 13.3.